The summed E-state index contributed by atoms with van der Waals surface area (Å²) in [5, 5.41) is 9.27. The number of rotatable bonds is 5. The minimum Gasteiger partial charge on any atom is -0.396 e. The predicted octanol–water partition coefficient (Wildman–Crippen LogP) is 3.38. The van der Waals surface area contributed by atoms with Gasteiger partial charge in [0, 0.05) is 19.4 Å². The van der Waals surface area contributed by atoms with Crippen molar-refractivity contribution in [2.24, 2.45) is 11.3 Å². The van der Waals surface area contributed by atoms with E-state index in [1.54, 1.807) is 0 Å². The van der Waals surface area contributed by atoms with E-state index in [0.29, 0.717) is 12.5 Å². The van der Waals surface area contributed by atoms with Gasteiger partial charge in [0.1, 0.15) is 8.07 Å². The zero-order valence-electron chi connectivity index (χ0n) is 14.1. The average Bonchev–Trinajstić information content (AvgIpc) is 2.97. The Kier molecular flexibility index (Phi) is 5.36. The second-order valence-electron chi connectivity index (χ2n) is 8.13. The molecular formula is C17H29F2NOSi. The number of nitrogens with zero attached hydrogens (tertiary/aromatic N) is 1. The molecule has 1 saturated carbocycles. The first kappa shape index (κ1) is 17.9. The molecule has 0 unspecified atom stereocenters. The zero-order valence-corrected chi connectivity index (χ0v) is 15.1. The molecule has 0 bridgehead atoms. The van der Waals surface area contributed by atoms with Crippen molar-refractivity contribution in [3.63, 3.8) is 0 Å². The SMILES string of the molecule is C[Si](C)(C)C#CCCC1CCN(C[C@@]2(CO)CC2(F)F)CC1. The predicted molar refractivity (Wildman–Crippen MR) is 88.6 cm³/mol. The molecule has 2 fully saturated rings. The van der Waals surface area contributed by atoms with Crippen LogP contribution in [0.15, 0.2) is 0 Å². The molecule has 0 aromatic carbocycles. The van der Waals surface area contributed by atoms with Crippen molar-refractivity contribution in [1.82, 2.24) is 4.90 Å². The molecule has 1 atom stereocenters. The summed E-state index contributed by atoms with van der Waals surface area (Å²) in [7, 11) is -1.26. The Morgan fingerprint density at radius 3 is 2.27 bits per heavy atom. The zero-order chi connectivity index (χ0) is 16.4. The van der Waals surface area contributed by atoms with Crippen molar-refractivity contribution in [2.45, 2.75) is 57.7 Å². The van der Waals surface area contributed by atoms with E-state index in [4.69, 9.17) is 0 Å². The lowest BCUT2D eigenvalue weighted by Gasteiger charge is -2.34. The highest BCUT2D eigenvalue weighted by Crippen LogP contribution is 2.60. The van der Waals surface area contributed by atoms with Gasteiger partial charge in [-0.15, -0.1) is 11.5 Å². The fourth-order valence-corrected chi connectivity index (χ4v) is 3.89. The Bertz CT molecular complexity index is 444. The molecule has 1 N–H and O–H groups in total. The number of hydrogen-bond donors (Lipinski definition) is 1. The van der Waals surface area contributed by atoms with Crippen molar-refractivity contribution in [3.8, 4) is 11.5 Å². The van der Waals surface area contributed by atoms with Crippen LogP contribution >= 0.6 is 0 Å². The minimum absolute atomic E-state index is 0.150. The third-order valence-electron chi connectivity index (χ3n) is 4.89. The van der Waals surface area contributed by atoms with Gasteiger partial charge in [-0.05, 0) is 38.3 Å². The number of hydrogen-bond acceptors (Lipinski definition) is 2. The largest absolute Gasteiger partial charge is 0.396 e. The molecule has 2 aliphatic rings. The molecule has 0 amide bonds. The van der Waals surface area contributed by atoms with E-state index < -0.39 is 26.0 Å². The maximum Gasteiger partial charge on any atom is 0.258 e. The highest BCUT2D eigenvalue weighted by molar-refractivity contribution is 6.83. The quantitative estimate of drug-likeness (QED) is 0.617. The Morgan fingerprint density at radius 1 is 1.23 bits per heavy atom. The lowest BCUT2D eigenvalue weighted by molar-refractivity contribution is 0.0124. The molecule has 126 valence electrons. The molecule has 0 radical (unpaired) electrons. The maximum absolute atomic E-state index is 13.4. The summed E-state index contributed by atoms with van der Waals surface area (Å²) in [6.07, 6.45) is 4.09. The highest BCUT2D eigenvalue weighted by Gasteiger charge is 2.70. The number of aliphatic hydroxyl groups excluding tert-OH is 1. The van der Waals surface area contributed by atoms with Gasteiger partial charge in [-0.25, -0.2) is 8.78 Å². The Labute approximate surface area is 134 Å². The standard InChI is InChI=1S/C17H29F2NOSi/c1-22(2,3)11-5-4-6-15-7-9-20(10-8-15)13-16(14-21)12-17(16,18)19/h15,21H,4,6-10,12-14H2,1-3H3/t16-/m1/s1. The summed E-state index contributed by atoms with van der Waals surface area (Å²) >= 11 is 0. The number of halogens is 2. The van der Waals surface area contributed by atoms with Gasteiger partial charge in [0.25, 0.3) is 5.92 Å². The van der Waals surface area contributed by atoms with Crippen LogP contribution in [0.4, 0.5) is 8.78 Å². The molecule has 2 rings (SSSR count). The van der Waals surface area contributed by atoms with Crippen LogP contribution in [0.25, 0.3) is 0 Å². The molecule has 0 aromatic rings. The van der Waals surface area contributed by atoms with E-state index in [-0.39, 0.29) is 6.42 Å². The lowest BCUT2D eigenvalue weighted by Crippen LogP contribution is -2.40. The summed E-state index contributed by atoms with van der Waals surface area (Å²) < 4.78 is 26.8. The number of piperidine rings is 1. The first-order chi connectivity index (χ1) is 10.2. The van der Waals surface area contributed by atoms with Gasteiger partial charge in [-0.2, -0.15) is 0 Å². The maximum atomic E-state index is 13.4. The second kappa shape index (κ2) is 6.58. The smallest absolute Gasteiger partial charge is 0.258 e. The van der Waals surface area contributed by atoms with Crippen LogP contribution in [-0.2, 0) is 0 Å². The van der Waals surface area contributed by atoms with Gasteiger partial charge in [-0.3, -0.25) is 0 Å². The minimum atomic E-state index is -2.66. The molecule has 0 spiro atoms. The third kappa shape index (κ3) is 4.53. The van der Waals surface area contributed by atoms with Gasteiger partial charge < -0.3 is 10.0 Å². The molecule has 1 heterocycles. The first-order valence-corrected chi connectivity index (χ1v) is 11.9. The highest BCUT2D eigenvalue weighted by atomic mass is 28.3. The van der Waals surface area contributed by atoms with E-state index in [0.717, 1.165) is 38.8 Å². The molecular weight excluding hydrogens is 300 g/mol. The summed E-state index contributed by atoms with van der Waals surface area (Å²) in [5.74, 6) is 1.33. The van der Waals surface area contributed by atoms with E-state index in [1.807, 2.05) is 0 Å². The fraction of sp³-hybridized carbons (Fsp3) is 0.882. The van der Waals surface area contributed by atoms with Gasteiger partial charge in [0.2, 0.25) is 0 Å². The summed E-state index contributed by atoms with van der Waals surface area (Å²) in [6.45, 7) is 8.47. The van der Waals surface area contributed by atoms with Crippen LogP contribution in [0.2, 0.25) is 19.6 Å². The van der Waals surface area contributed by atoms with Gasteiger partial charge in [-0.1, -0.05) is 19.6 Å². The van der Waals surface area contributed by atoms with Crippen LogP contribution in [0, 0.1) is 22.8 Å². The van der Waals surface area contributed by atoms with Crippen LogP contribution in [0.5, 0.6) is 0 Å². The monoisotopic (exact) mass is 329 g/mol. The Morgan fingerprint density at radius 2 is 1.82 bits per heavy atom. The van der Waals surface area contributed by atoms with E-state index in [2.05, 4.69) is 36.0 Å². The molecule has 22 heavy (non-hydrogen) atoms. The van der Waals surface area contributed by atoms with Crippen LogP contribution in [0.3, 0.4) is 0 Å². The fourth-order valence-electron chi connectivity index (χ4n) is 3.24. The van der Waals surface area contributed by atoms with Crippen LogP contribution < -0.4 is 0 Å². The van der Waals surface area contributed by atoms with Gasteiger partial charge in [0.05, 0.1) is 12.0 Å². The molecule has 1 aliphatic carbocycles. The second-order valence-corrected chi connectivity index (χ2v) is 12.9. The van der Waals surface area contributed by atoms with Crippen molar-refractivity contribution >= 4 is 8.07 Å². The van der Waals surface area contributed by atoms with Crippen molar-refractivity contribution in [2.75, 3.05) is 26.2 Å². The third-order valence-corrected chi connectivity index (χ3v) is 5.82. The normalized spacial score (nSPS) is 29.0. The summed E-state index contributed by atoms with van der Waals surface area (Å²) in [4.78, 5) is 2.11. The van der Waals surface area contributed by atoms with E-state index in [1.165, 1.54) is 0 Å². The lowest BCUT2D eigenvalue weighted by atomic mass is 9.91. The molecule has 5 heteroatoms. The van der Waals surface area contributed by atoms with Crippen molar-refractivity contribution < 1.29 is 13.9 Å². The van der Waals surface area contributed by atoms with Crippen LogP contribution in [-0.4, -0.2) is 50.2 Å². The summed E-state index contributed by atoms with van der Waals surface area (Å²) in [6, 6.07) is 0. The Hall–Kier alpha value is -0.443. The molecule has 1 saturated heterocycles. The average molecular weight is 330 g/mol. The molecule has 0 aromatic heterocycles. The van der Waals surface area contributed by atoms with Crippen molar-refractivity contribution in [1.29, 1.82) is 0 Å². The first-order valence-electron chi connectivity index (χ1n) is 8.39. The molecule has 1 aliphatic heterocycles. The number of alkyl halides is 2. The number of aliphatic hydroxyl groups is 1. The number of likely N-dealkylation sites (tertiary alicyclic amines) is 1. The van der Waals surface area contributed by atoms with Crippen molar-refractivity contribution in [3.05, 3.63) is 0 Å². The topological polar surface area (TPSA) is 23.5 Å². The van der Waals surface area contributed by atoms with Gasteiger partial charge >= 0.3 is 0 Å². The molecule has 2 nitrogen and oxygen atoms in total. The summed E-state index contributed by atoms with van der Waals surface area (Å²) in [5.41, 5.74) is 2.24. The van der Waals surface area contributed by atoms with Gasteiger partial charge in [0.15, 0.2) is 0 Å². The van der Waals surface area contributed by atoms with E-state index in [9.17, 15) is 13.9 Å². The van der Waals surface area contributed by atoms with E-state index >= 15 is 0 Å². The van der Waals surface area contributed by atoms with Crippen LogP contribution in [0.1, 0.15) is 32.1 Å². The Balaban J connectivity index is 1.69.